The van der Waals surface area contributed by atoms with Crippen LogP contribution in [0.15, 0.2) is 54.7 Å². The monoisotopic (exact) mass is 449 g/mol. The van der Waals surface area contributed by atoms with Crippen molar-refractivity contribution in [2.24, 2.45) is 0 Å². The fraction of sp³-hybridized carbons (Fsp3) is 0.292. The van der Waals surface area contributed by atoms with Gasteiger partial charge in [0, 0.05) is 23.7 Å². The van der Waals surface area contributed by atoms with Crippen LogP contribution in [-0.4, -0.2) is 47.8 Å². The number of carbonyl (C=O) groups excluding carboxylic acids is 2. The molecule has 0 radical (unpaired) electrons. The Morgan fingerprint density at radius 1 is 1.22 bits per heavy atom. The Labute approximate surface area is 189 Å². The summed E-state index contributed by atoms with van der Waals surface area (Å²) in [6.45, 7) is 1.26. The minimum absolute atomic E-state index is 0.00185. The van der Waals surface area contributed by atoms with Crippen LogP contribution >= 0.6 is 11.3 Å². The van der Waals surface area contributed by atoms with Crippen LogP contribution in [0.1, 0.15) is 23.2 Å². The molecule has 1 atom stereocenters. The quantitative estimate of drug-likeness (QED) is 0.412. The number of anilines is 1. The van der Waals surface area contributed by atoms with Crippen LogP contribution in [0.2, 0.25) is 0 Å². The van der Waals surface area contributed by atoms with Crippen molar-refractivity contribution >= 4 is 49.5 Å². The fourth-order valence-electron chi connectivity index (χ4n) is 4.14. The molecule has 164 valence electrons. The van der Waals surface area contributed by atoms with E-state index in [9.17, 15) is 9.59 Å². The molecule has 2 aromatic heterocycles. The number of benzene rings is 2. The molecule has 1 saturated heterocycles. The molecule has 0 bridgehead atoms. The number of thiazole rings is 1. The number of nitrogens with zero attached hydrogens (tertiary/aromatic N) is 3. The van der Waals surface area contributed by atoms with E-state index in [0.717, 1.165) is 40.6 Å². The number of fused-ring (bicyclic) bond motifs is 2. The van der Waals surface area contributed by atoms with Gasteiger partial charge in [-0.25, -0.2) is 9.78 Å². The van der Waals surface area contributed by atoms with E-state index >= 15 is 0 Å². The summed E-state index contributed by atoms with van der Waals surface area (Å²) in [5.41, 5.74) is 2.13. The van der Waals surface area contributed by atoms with Crippen LogP contribution in [0.5, 0.6) is 0 Å². The first-order valence-electron chi connectivity index (χ1n) is 10.6. The first-order chi connectivity index (χ1) is 15.6. The van der Waals surface area contributed by atoms with E-state index in [1.165, 1.54) is 18.4 Å². The number of carbonyl (C=O) groups is 2. The van der Waals surface area contributed by atoms with Crippen molar-refractivity contribution in [3.63, 3.8) is 0 Å². The predicted octanol–water partition coefficient (Wildman–Crippen LogP) is 4.25. The molecule has 2 aromatic carbocycles. The van der Waals surface area contributed by atoms with Gasteiger partial charge in [0.25, 0.3) is 0 Å². The zero-order valence-corrected chi connectivity index (χ0v) is 18.5. The molecule has 1 aliphatic heterocycles. The van der Waals surface area contributed by atoms with E-state index < -0.39 is 5.97 Å². The van der Waals surface area contributed by atoms with Crippen LogP contribution in [0.25, 0.3) is 21.1 Å². The number of hydrogen-bond donors (Lipinski definition) is 0. The molecule has 5 rings (SSSR count). The lowest BCUT2D eigenvalue weighted by molar-refractivity contribution is -0.119. The van der Waals surface area contributed by atoms with Gasteiger partial charge in [-0.15, -0.1) is 0 Å². The Morgan fingerprint density at radius 3 is 2.81 bits per heavy atom. The first kappa shape index (κ1) is 20.7. The van der Waals surface area contributed by atoms with Crippen molar-refractivity contribution in [2.75, 3.05) is 25.2 Å². The Kier molecular flexibility index (Phi) is 5.63. The normalized spacial score (nSPS) is 16.0. The molecule has 4 aromatic rings. The lowest BCUT2D eigenvalue weighted by Gasteiger charge is -2.23. The average Bonchev–Trinajstić information content (AvgIpc) is 3.55. The molecule has 0 saturated carbocycles. The van der Waals surface area contributed by atoms with E-state index in [0.29, 0.717) is 17.2 Å². The van der Waals surface area contributed by atoms with Gasteiger partial charge in [-0.2, -0.15) is 0 Å². The number of para-hydroxylation sites is 2. The van der Waals surface area contributed by atoms with Crippen molar-refractivity contribution in [3.8, 4) is 0 Å². The summed E-state index contributed by atoms with van der Waals surface area (Å²) in [5.74, 6) is -0.522. The number of rotatable bonds is 6. The van der Waals surface area contributed by atoms with Crippen molar-refractivity contribution < 1.29 is 19.1 Å². The van der Waals surface area contributed by atoms with Gasteiger partial charge in [-0.3, -0.25) is 9.69 Å². The van der Waals surface area contributed by atoms with Crippen LogP contribution in [0, 0.1) is 0 Å². The van der Waals surface area contributed by atoms with E-state index in [1.807, 2.05) is 48.5 Å². The number of aromatic nitrogens is 2. The van der Waals surface area contributed by atoms with E-state index in [2.05, 4.69) is 0 Å². The Bertz CT molecular complexity index is 1260. The summed E-state index contributed by atoms with van der Waals surface area (Å²) < 4.78 is 13.6. The van der Waals surface area contributed by atoms with Gasteiger partial charge in [-0.1, -0.05) is 41.7 Å². The minimum Gasteiger partial charge on any atom is -0.465 e. The molecule has 0 spiro atoms. The predicted molar refractivity (Wildman–Crippen MR) is 124 cm³/mol. The zero-order chi connectivity index (χ0) is 22.1. The van der Waals surface area contributed by atoms with Gasteiger partial charge >= 0.3 is 5.97 Å². The Balaban J connectivity index is 1.49. The SMILES string of the molecule is COC(=O)c1cn(CC(=O)N(C[C@H]2CCCO2)c2nc3ccccc3s2)c2ccccc12. The summed E-state index contributed by atoms with van der Waals surface area (Å²) in [6.07, 6.45) is 3.61. The minimum atomic E-state index is -0.421. The van der Waals surface area contributed by atoms with Crippen LogP contribution in [0.4, 0.5) is 5.13 Å². The molecule has 0 aliphatic carbocycles. The molecule has 32 heavy (non-hydrogen) atoms. The standard InChI is InChI=1S/C24H23N3O4S/c1-30-23(29)18-14-26(20-10-4-2-8-17(18)20)15-22(28)27(13-16-7-6-12-31-16)24-25-19-9-3-5-11-21(19)32-24/h2-5,8-11,14,16H,6-7,12-13,15H2,1H3/t16-/m1/s1. The van der Waals surface area contributed by atoms with Crippen LogP contribution < -0.4 is 4.90 Å². The maximum absolute atomic E-state index is 13.6. The number of hydrogen-bond acceptors (Lipinski definition) is 6. The molecule has 0 N–H and O–H groups in total. The number of ether oxygens (including phenoxy) is 2. The maximum Gasteiger partial charge on any atom is 0.340 e. The van der Waals surface area contributed by atoms with E-state index in [-0.39, 0.29) is 18.6 Å². The number of amides is 1. The van der Waals surface area contributed by atoms with Crippen LogP contribution in [0.3, 0.4) is 0 Å². The van der Waals surface area contributed by atoms with Crippen LogP contribution in [-0.2, 0) is 20.8 Å². The summed E-state index contributed by atoms with van der Waals surface area (Å²) in [4.78, 5) is 32.3. The van der Waals surface area contributed by atoms with Crippen molar-refractivity contribution in [3.05, 3.63) is 60.3 Å². The fourth-order valence-corrected chi connectivity index (χ4v) is 5.13. The summed E-state index contributed by atoms with van der Waals surface area (Å²) in [7, 11) is 1.36. The molecule has 7 nitrogen and oxygen atoms in total. The van der Waals surface area contributed by atoms with Gasteiger partial charge in [0.15, 0.2) is 5.13 Å². The second-order valence-corrected chi connectivity index (χ2v) is 8.79. The molecule has 8 heteroatoms. The van der Waals surface area contributed by atoms with Gasteiger partial charge in [0.2, 0.25) is 5.91 Å². The second kappa shape index (κ2) is 8.72. The van der Waals surface area contributed by atoms with Gasteiger partial charge < -0.3 is 14.0 Å². The van der Waals surface area contributed by atoms with Crippen molar-refractivity contribution in [1.29, 1.82) is 0 Å². The highest BCUT2D eigenvalue weighted by Crippen LogP contribution is 2.30. The lowest BCUT2D eigenvalue weighted by Crippen LogP contribution is -2.39. The highest BCUT2D eigenvalue weighted by Gasteiger charge is 2.27. The maximum atomic E-state index is 13.6. The highest BCUT2D eigenvalue weighted by molar-refractivity contribution is 7.22. The smallest absolute Gasteiger partial charge is 0.340 e. The third-order valence-electron chi connectivity index (χ3n) is 5.72. The summed E-state index contributed by atoms with van der Waals surface area (Å²) in [5, 5.41) is 1.43. The molecule has 3 heterocycles. The zero-order valence-electron chi connectivity index (χ0n) is 17.7. The molecule has 1 amide bonds. The molecular weight excluding hydrogens is 426 g/mol. The summed E-state index contributed by atoms with van der Waals surface area (Å²) in [6, 6.07) is 15.4. The Morgan fingerprint density at radius 2 is 2.03 bits per heavy atom. The topological polar surface area (TPSA) is 73.7 Å². The van der Waals surface area contributed by atoms with E-state index in [4.69, 9.17) is 14.5 Å². The number of methoxy groups -OCH3 is 1. The molecular formula is C24H23N3O4S. The summed E-state index contributed by atoms with van der Waals surface area (Å²) >= 11 is 1.50. The average molecular weight is 450 g/mol. The third-order valence-corrected chi connectivity index (χ3v) is 6.78. The van der Waals surface area contributed by atoms with Gasteiger partial charge in [0.1, 0.15) is 6.54 Å². The highest BCUT2D eigenvalue weighted by atomic mass is 32.1. The second-order valence-electron chi connectivity index (χ2n) is 7.78. The van der Waals surface area contributed by atoms with Crippen molar-refractivity contribution in [1.82, 2.24) is 9.55 Å². The Hall–Kier alpha value is -3.23. The third kappa shape index (κ3) is 3.87. The van der Waals surface area contributed by atoms with Crippen molar-refractivity contribution in [2.45, 2.75) is 25.5 Å². The van der Waals surface area contributed by atoms with E-state index in [1.54, 1.807) is 15.7 Å². The van der Waals surface area contributed by atoms with Gasteiger partial charge in [-0.05, 0) is 31.0 Å². The molecule has 1 aliphatic rings. The lowest BCUT2D eigenvalue weighted by atomic mass is 10.2. The number of esters is 1. The largest absolute Gasteiger partial charge is 0.465 e. The first-order valence-corrected chi connectivity index (χ1v) is 11.4. The molecule has 1 fully saturated rings. The van der Waals surface area contributed by atoms with Gasteiger partial charge in [0.05, 0.1) is 35.5 Å². The molecule has 0 unspecified atom stereocenters.